The highest BCUT2D eigenvalue weighted by atomic mass is 35.5. The standard InChI is InChI=1S/C18H19Cl2N3O3/c1-11-8-16(22-26-11)21-18(25)12-4-6-23(7-5-12)17(24)9-13-2-3-14(19)10-15(13)20/h2-3,8,10,12H,4-7,9H2,1H3,(H,21,22,25). The molecule has 0 unspecified atom stereocenters. The zero-order valence-corrected chi connectivity index (χ0v) is 15.8. The molecule has 1 N–H and O–H groups in total. The minimum Gasteiger partial charge on any atom is -0.360 e. The van der Waals surface area contributed by atoms with Crippen molar-refractivity contribution in [1.29, 1.82) is 0 Å². The van der Waals surface area contributed by atoms with Crippen LogP contribution in [0.4, 0.5) is 5.82 Å². The Hall–Kier alpha value is -2.05. The van der Waals surface area contributed by atoms with Crippen LogP contribution in [0.3, 0.4) is 0 Å². The molecular weight excluding hydrogens is 377 g/mol. The molecule has 26 heavy (non-hydrogen) atoms. The van der Waals surface area contributed by atoms with Crippen LogP contribution in [0.5, 0.6) is 0 Å². The molecule has 1 aliphatic rings. The number of hydrogen-bond donors (Lipinski definition) is 1. The van der Waals surface area contributed by atoms with E-state index in [0.717, 1.165) is 5.56 Å². The molecule has 0 saturated carbocycles. The van der Waals surface area contributed by atoms with Crippen molar-refractivity contribution in [3.8, 4) is 0 Å². The molecule has 1 aromatic heterocycles. The molecule has 1 aliphatic heterocycles. The van der Waals surface area contributed by atoms with E-state index in [2.05, 4.69) is 10.5 Å². The molecule has 1 saturated heterocycles. The monoisotopic (exact) mass is 395 g/mol. The fraction of sp³-hybridized carbons (Fsp3) is 0.389. The molecule has 138 valence electrons. The van der Waals surface area contributed by atoms with Crippen molar-refractivity contribution in [3.63, 3.8) is 0 Å². The van der Waals surface area contributed by atoms with Crippen LogP contribution in [0, 0.1) is 12.8 Å². The lowest BCUT2D eigenvalue weighted by Crippen LogP contribution is -2.42. The van der Waals surface area contributed by atoms with E-state index in [0.29, 0.717) is 47.6 Å². The van der Waals surface area contributed by atoms with Crippen LogP contribution < -0.4 is 5.32 Å². The molecule has 0 atom stereocenters. The summed E-state index contributed by atoms with van der Waals surface area (Å²) in [4.78, 5) is 26.6. The highest BCUT2D eigenvalue weighted by Gasteiger charge is 2.28. The van der Waals surface area contributed by atoms with Gasteiger partial charge in [-0.25, -0.2) is 0 Å². The van der Waals surface area contributed by atoms with E-state index in [4.69, 9.17) is 27.7 Å². The lowest BCUT2D eigenvalue weighted by atomic mass is 9.95. The average molecular weight is 396 g/mol. The first kappa shape index (κ1) is 18.7. The first-order valence-corrected chi connectivity index (χ1v) is 9.14. The summed E-state index contributed by atoms with van der Waals surface area (Å²) in [6, 6.07) is 6.79. The maximum Gasteiger partial charge on any atom is 0.228 e. The van der Waals surface area contributed by atoms with Crippen LogP contribution in [-0.4, -0.2) is 35.0 Å². The fourth-order valence-electron chi connectivity index (χ4n) is 2.98. The minimum atomic E-state index is -0.143. The largest absolute Gasteiger partial charge is 0.360 e. The number of piperidine rings is 1. The second kappa shape index (κ2) is 8.10. The van der Waals surface area contributed by atoms with Crippen LogP contribution in [-0.2, 0) is 16.0 Å². The number of rotatable bonds is 4. The number of benzene rings is 1. The normalized spacial score (nSPS) is 15.1. The zero-order chi connectivity index (χ0) is 18.7. The predicted molar refractivity (Wildman–Crippen MR) is 99.3 cm³/mol. The van der Waals surface area contributed by atoms with Gasteiger partial charge in [-0.15, -0.1) is 0 Å². The van der Waals surface area contributed by atoms with E-state index in [1.54, 1.807) is 36.1 Å². The Morgan fingerprint density at radius 2 is 2.00 bits per heavy atom. The Morgan fingerprint density at radius 1 is 1.27 bits per heavy atom. The van der Waals surface area contributed by atoms with Crippen molar-refractivity contribution in [2.24, 2.45) is 5.92 Å². The molecule has 1 fully saturated rings. The maximum absolute atomic E-state index is 12.5. The highest BCUT2D eigenvalue weighted by Crippen LogP contribution is 2.24. The van der Waals surface area contributed by atoms with E-state index in [1.165, 1.54) is 0 Å². The second-order valence-electron chi connectivity index (χ2n) is 6.38. The SMILES string of the molecule is Cc1cc(NC(=O)C2CCN(C(=O)Cc3ccc(Cl)cc3Cl)CC2)no1. The molecule has 2 heterocycles. The van der Waals surface area contributed by atoms with Crippen LogP contribution >= 0.6 is 23.2 Å². The van der Waals surface area contributed by atoms with Gasteiger partial charge in [0.15, 0.2) is 5.82 Å². The second-order valence-corrected chi connectivity index (χ2v) is 7.22. The number of anilines is 1. The number of carbonyl (C=O) groups excluding carboxylic acids is 2. The van der Waals surface area contributed by atoms with E-state index >= 15 is 0 Å². The Kier molecular flexibility index (Phi) is 5.84. The molecule has 0 aliphatic carbocycles. The summed E-state index contributed by atoms with van der Waals surface area (Å²) >= 11 is 12.0. The number of amides is 2. The number of halogens is 2. The van der Waals surface area contributed by atoms with Gasteiger partial charge in [-0.2, -0.15) is 0 Å². The molecular formula is C18H19Cl2N3O3. The van der Waals surface area contributed by atoms with Gasteiger partial charge in [0, 0.05) is 35.1 Å². The first-order valence-electron chi connectivity index (χ1n) is 8.38. The third-order valence-corrected chi connectivity index (χ3v) is 5.04. The molecule has 6 nitrogen and oxygen atoms in total. The summed E-state index contributed by atoms with van der Waals surface area (Å²) < 4.78 is 4.94. The van der Waals surface area contributed by atoms with E-state index in [9.17, 15) is 9.59 Å². The molecule has 2 aromatic rings. The zero-order valence-electron chi connectivity index (χ0n) is 14.3. The van der Waals surface area contributed by atoms with Crippen LogP contribution in [0.25, 0.3) is 0 Å². The van der Waals surface area contributed by atoms with Gasteiger partial charge in [-0.1, -0.05) is 34.4 Å². The van der Waals surface area contributed by atoms with Crippen LogP contribution in [0.2, 0.25) is 10.0 Å². The van der Waals surface area contributed by atoms with Gasteiger partial charge in [0.1, 0.15) is 5.76 Å². The van der Waals surface area contributed by atoms with E-state index in [1.807, 2.05) is 0 Å². The van der Waals surface area contributed by atoms with Crippen molar-refractivity contribution in [3.05, 3.63) is 45.6 Å². The summed E-state index contributed by atoms with van der Waals surface area (Å²) in [5.74, 6) is 0.825. The van der Waals surface area contributed by atoms with Gasteiger partial charge >= 0.3 is 0 Å². The molecule has 2 amide bonds. The number of nitrogens with zero attached hydrogens (tertiary/aromatic N) is 2. The Bertz CT molecular complexity index is 814. The summed E-state index contributed by atoms with van der Waals surface area (Å²) in [5.41, 5.74) is 0.752. The Labute approximate surface area is 161 Å². The van der Waals surface area contributed by atoms with Crippen molar-refractivity contribution in [2.45, 2.75) is 26.2 Å². The summed E-state index contributed by atoms with van der Waals surface area (Å²) in [6.45, 7) is 2.85. The Balaban J connectivity index is 1.51. The third kappa shape index (κ3) is 4.56. The van der Waals surface area contributed by atoms with Gasteiger partial charge in [-0.3, -0.25) is 9.59 Å². The molecule has 0 radical (unpaired) electrons. The van der Waals surface area contributed by atoms with Gasteiger partial charge < -0.3 is 14.7 Å². The van der Waals surface area contributed by atoms with Gasteiger partial charge in [-0.05, 0) is 37.5 Å². The summed E-state index contributed by atoms with van der Waals surface area (Å²) in [5, 5.41) is 7.54. The van der Waals surface area contributed by atoms with Gasteiger partial charge in [0.2, 0.25) is 11.8 Å². The quantitative estimate of drug-likeness (QED) is 0.855. The number of likely N-dealkylation sites (tertiary alicyclic amines) is 1. The van der Waals surface area contributed by atoms with Crippen LogP contribution in [0.1, 0.15) is 24.2 Å². The van der Waals surface area contributed by atoms with Gasteiger partial charge in [0.25, 0.3) is 0 Å². The molecule has 0 bridgehead atoms. The lowest BCUT2D eigenvalue weighted by Gasteiger charge is -2.31. The van der Waals surface area contributed by atoms with Crippen LogP contribution in [0.15, 0.2) is 28.8 Å². The van der Waals surface area contributed by atoms with Crippen molar-refractivity contribution >= 4 is 40.8 Å². The summed E-state index contributed by atoms with van der Waals surface area (Å²) in [7, 11) is 0. The Morgan fingerprint density at radius 3 is 2.62 bits per heavy atom. The van der Waals surface area contributed by atoms with E-state index < -0.39 is 0 Å². The number of carbonyl (C=O) groups is 2. The topological polar surface area (TPSA) is 75.4 Å². The van der Waals surface area contributed by atoms with Crippen molar-refractivity contribution in [1.82, 2.24) is 10.1 Å². The molecule has 1 aromatic carbocycles. The lowest BCUT2D eigenvalue weighted by molar-refractivity contribution is -0.133. The van der Waals surface area contributed by atoms with Crippen molar-refractivity contribution in [2.75, 3.05) is 18.4 Å². The van der Waals surface area contributed by atoms with Crippen molar-refractivity contribution < 1.29 is 14.1 Å². The molecule has 0 spiro atoms. The number of aromatic nitrogens is 1. The first-order chi connectivity index (χ1) is 12.4. The smallest absolute Gasteiger partial charge is 0.228 e. The number of nitrogens with one attached hydrogen (secondary N) is 1. The highest BCUT2D eigenvalue weighted by molar-refractivity contribution is 6.35. The maximum atomic E-state index is 12.5. The average Bonchev–Trinajstić information content (AvgIpc) is 3.02. The van der Waals surface area contributed by atoms with E-state index in [-0.39, 0.29) is 24.2 Å². The molecule has 8 heteroatoms. The minimum absolute atomic E-state index is 0.000191. The summed E-state index contributed by atoms with van der Waals surface area (Å²) in [6.07, 6.45) is 1.45. The van der Waals surface area contributed by atoms with Gasteiger partial charge in [0.05, 0.1) is 6.42 Å². The number of hydrogen-bond acceptors (Lipinski definition) is 4. The molecule has 3 rings (SSSR count). The number of aryl methyl sites for hydroxylation is 1. The third-order valence-electron chi connectivity index (χ3n) is 4.45. The predicted octanol–water partition coefficient (Wildman–Crippen LogP) is 3.71. The fourth-order valence-corrected chi connectivity index (χ4v) is 3.46.